The lowest BCUT2D eigenvalue weighted by atomic mass is 10.1. The fourth-order valence-electron chi connectivity index (χ4n) is 1.76. The summed E-state index contributed by atoms with van der Waals surface area (Å²) in [6.45, 7) is 4.22. The van der Waals surface area contributed by atoms with Gasteiger partial charge < -0.3 is 10.4 Å². The van der Waals surface area contributed by atoms with Crippen molar-refractivity contribution < 1.29 is 9.90 Å². The lowest BCUT2D eigenvalue weighted by Gasteiger charge is -2.11. The van der Waals surface area contributed by atoms with Gasteiger partial charge in [-0.05, 0) is 48.6 Å². The Kier molecular flexibility index (Phi) is 4.35. The van der Waals surface area contributed by atoms with E-state index >= 15 is 0 Å². The second kappa shape index (κ2) is 5.99. The van der Waals surface area contributed by atoms with Crippen LogP contribution in [0.1, 0.15) is 32.5 Å². The third-order valence-corrected chi connectivity index (χ3v) is 4.07. The molecule has 4 heteroatoms. The second-order valence-electron chi connectivity index (χ2n) is 4.54. The summed E-state index contributed by atoms with van der Waals surface area (Å²) in [6, 6.07) is 9.34. The Morgan fingerprint density at radius 1 is 1.32 bits per heavy atom. The molecule has 0 radical (unpaired) electrons. The Labute approximate surface area is 116 Å². The molecular formula is C15H17NO2S. The van der Waals surface area contributed by atoms with Crippen LogP contribution in [-0.2, 0) is 0 Å². The van der Waals surface area contributed by atoms with Gasteiger partial charge in [0.1, 0.15) is 6.10 Å². The first-order valence-electron chi connectivity index (χ1n) is 6.15. The van der Waals surface area contributed by atoms with Gasteiger partial charge in [-0.25, -0.2) is 0 Å². The zero-order valence-corrected chi connectivity index (χ0v) is 11.8. The zero-order valence-electron chi connectivity index (χ0n) is 11.0. The smallest absolute Gasteiger partial charge is 0.251 e. The molecule has 0 fully saturated rings. The third kappa shape index (κ3) is 3.43. The van der Waals surface area contributed by atoms with Crippen LogP contribution in [0.25, 0.3) is 0 Å². The minimum atomic E-state index is -0.643. The number of thiophene rings is 1. The molecule has 0 aliphatic rings. The highest BCUT2D eigenvalue weighted by Gasteiger charge is 2.11. The number of benzene rings is 1. The van der Waals surface area contributed by atoms with Crippen molar-refractivity contribution in [3.63, 3.8) is 0 Å². The van der Waals surface area contributed by atoms with E-state index in [4.69, 9.17) is 0 Å². The van der Waals surface area contributed by atoms with E-state index in [0.29, 0.717) is 5.56 Å². The summed E-state index contributed by atoms with van der Waals surface area (Å²) in [5, 5.41) is 14.6. The van der Waals surface area contributed by atoms with Gasteiger partial charge in [0.05, 0.1) is 0 Å². The Balaban J connectivity index is 1.96. The first-order chi connectivity index (χ1) is 9.08. The summed E-state index contributed by atoms with van der Waals surface area (Å²) in [4.78, 5) is 12.8. The predicted octanol–water partition coefficient (Wildman–Crippen LogP) is 2.83. The largest absolute Gasteiger partial charge is 0.386 e. The van der Waals surface area contributed by atoms with E-state index in [9.17, 15) is 9.90 Å². The molecule has 0 saturated carbocycles. The summed E-state index contributed by atoms with van der Waals surface area (Å²) in [5.41, 5.74) is 2.88. The van der Waals surface area contributed by atoms with Crippen molar-refractivity contribution in [3.8, 4) is 0 Å². The lowest BCUT2D eigenvalue weighted by Crippen LogP contribution is -2.28. The van der Waals surface area contributed by atoms with Gasteiger partial charge in [-0.1, -0.05) is 12.1 Å². The quantitative estimate of drug-likeness (QED) is 0.901. The van der Waals surface area contributed by atoms with Gasteiger partial charge >= 0.3 is 0 Å². The molecule has 0 aliphatic heterocycles. The number of amides is 1. The molecule has 1 atom stereocenters. The highest BCUT2D eigenvalue weighted by Crippen LogP contribution is 2.18. The number of hydrogen-bond donors (Lipinski definition) is 2. The van der Waals surface area contributed by atoms with Crippen LogP contribution in [0.15, 0.2) is 35.7 Å². The fraction of sp³-hybridized carbons (Fsp3) is 0.267. The van der Waals surface area contributed by atoms with Gasteiger partial charge in [0.25, 0.3) is 5.91 Å². The van der Waals surface area contributed by atoms with Gasteiger partial charge in [0, 0.05) is 17.0 Å². The minimum Gasteiger partial charge on any atom is -0.386 e. The molecular weight excluding hydrogens is 258 g/mol. The van der Waals surface area contributed by atoms with Gasteiger partial charge in [-0.15, -0.1) is 11.3 Å². The normalized spacial score (nSPS) is 12.2. The summed E-state index contributed by atoms with van der Waals surface area (Å²) in [6.07, 6.45) is -0.643. The van der Waals surface area contributed by atoms with Gasteiger partial charge in [0.15, 0.2) is 0 Å². The first kappa shape index (κ1) is 13.8. The van der Waals surface area contributed by atoms with Gasteiger partial charge in [0.2, 0.25) is 0 Å². The molecule has 2 N–H and O–H groups in total. The Bertz CT molecular complexity index is 564. The van der Waals surface area contributed by atoms with E-state index in [2.05, 4.69) is 5.32 Å². The van der Waals surface area contributed by atoms with Crippen LogP contribution in [0, 0.1) is 13.8 Å². The summed E-state index contributed by atoms with van der Waals surface area (Å²) < 4.78 is 0. The maximum absolute atomic E-state index is 12.0. The van der Waals surface area contributed by atoms with Crippen molar-refractivity contribution in [2.45, 2.75) is 20.0 Å². The van der Waals surface area contributed by atoms with Crippen LogP contribution in [0.4, 0.5) is 0 Å². The van der Waals surface area contributed by atoms with Crippen molar-refractivity contribution in [2.24, 2.45) is 0 Å². The molecule has 1 unspecified atom stereocenters. The average molecular weight is 275 g/mol. The van der Waals surface area contributed by atoms with Crippen LogP contribution in [0.5, 0.6) is 0 Å². The molecule has 2 aromatic rings. The minimum absolute atomic E-state index is 0.154. The number of aliphatic hydroxyl groups excluding tert-OH is 1. The maximum Gasteiger partial charge on any atom is 0.251 e. The average Bonchev–Trinajstić information content (AvgIpc) is 2.92. The number of aryl methyl sites for hydroxylation is 2. The number of hydrogen-bond acceptors (Lipinski definition) is 3. The molecule has 0 spiro atoms. The van der Waals surface area contributed by atoms with Crippen LogP contribution in [0.2, 0.25) is 0 Å². The monoisotopic (exact) mass is 275 g/mol. The Hall–Kier alpha value is -1.65. The van der Waals surface area contributed by atoms with Crippen molar-refractivity contribution in [1.29, 1.82) is 0 Å². The zero-order chi connectivity index (χ0) is 13.8. The highest BCUT2D eigenvalue weighted by atomic mass is 32.1. The maximum atomic E-state index is 12.0. The van der Waals surface area contributed by atoms with Crippen molar-refractivity contribution in [3.05, 3.63) is 57.3 Å². The standard InChI is InChI=1S/C15H17NO2S/c1-10-5-6-12(8-11(10)2)15(18)16-9-13(17)14-4-3-7-19-14/h3-8,13,17H,9H2,1-2H3,(H,16,18). The van der Waals surface area contributed by atoms with Crippen molar-refractivity contribution >= 4 is 17.2 Å². The van der Waals surface area contributed by atoms with E-state index in [-0.39, 0.29) is 12.5 Å². The number of carbonyl (C=O) groups excluding carboxylic acids is 1. The fourth-order valence-corrected chi connectivity index (χ4v) is 2.47. The second-order valence-corrected chi connectivity index (χ2v) is 5.52. The molecule has 1 amide bonds. The SMILES string of the molecule is Cc1ccc(C(=O)NCC(O)c2cccs2)cc1C. The van der Waals surface area contributed by atoms with Crippen LogP contribution < -0.4 is 5.32 Å². The number of aliphatic hydroxyl groups is 1. The highest BCUT2D eigenvalue weighted by molar-refractivity contribution is 7.10. The number of rotatable bonds is 4. The van der Waals surface area contributed by atoms with Gasteiger partial charge in [-0.3, -0.25) is 4.79 Å². The van der Waals surface area contributed by atoms with E-state index in [1.54, 1.807) is 6.07 Å². The van der Waals surface area contributed by atoms with E-state index in [1.165, 1.54) is 11.3 Å². The van der Waals surface area contributed by atoms with E-state index in [0.717, 1.165) is 16.0 Å². The van der Waals surface area contributed by atoms with Crippen LogP contribution >= 0.6 is 11.3 Å². The molecule has 2 rings (SSSR count). The summed E-state index contributed by atoms with van der Waals surface area (Å²) >= 11 is 1.48. The molecule has 1 aromatic carbocycles. The summed E-state index contributed by atoms with van der Waals surface area (Å²) in [5.74, 6) is -0.154. The molecule has 0 bridgehead atoms. The van der Waals surface area contributed by atoms with Gasteiger partial charge in [-0.2, -0.15) is 0 Å². The van der Waals surface area contributed by atoms with E-state index < -0.39 is 6.10 Å². The Morgan fingerprint density at radius 2 is 2.11 bits per heavy atom. The lowest BCUT2D eigenvalue weighted by molar-refractivity contribution is 0.0918. The van der Waals surface area contributed by atoms with Crippen LogP contribution in [0.3, 0.4) is 0 Å². The molecule has 0 aliphatic carbocycles. The number of carbonyl (C=O) groups is 1. The van der Waals surface area contributed by atoms with Crippen molar-refractivity contribution in [1.82, 2.24) is 5.32 Å². The molecule has 0 saturated heterocycles. The predicted molar refractivity (Wildman–Crippen MR) is 77.5 cm³/mol. The molecule has 1 heterocycles. The first-order valence-corrected chi connectivity index (χ1v) is 7.03. The molecule has 1 aromatic heterocycles. The summed E-state index contributed by atoms with van der Waals surface area (Å²) in [7, 11) is 0. The molecule has 3 nitrogen and oxygen atoms in total. The van der Waals surface area contributed by atoms with E-state index in [1.807, 2.05) is 43.5 Å². The molecule has 100 valence electrons. The Morgan fingerprint density at radius 3 is 2.74 bits per heavy atom. The van der Waals surface area contributed by atoms with Crippen LogP contribution in [-0.4, -0.2) is 17.6 Å². The third-order valence-electron chi connectivity index (χ3n) is 3.10. The number of nitrogens with one attached hydrogen (secondary N) is 1. The topological polar surface area (TPSA) is 49.3 Å². The van der Waals surface area contributed by atoms with Crippen molar-refractivity contribution in [2.75, 3.05) is 6.54 Å². The molecule has 19 heavy (non-hydrogen) atoms.